The Morgan fingerprint density at radius 1 is 1.09 bits per heavy atom. The molecular formula is C25H33N2O7P. The molecule has 9 nitrogen and oxygen atoms in total. The number of hydrogen-bond acceptors (Lipinski definition) is 7. The molecule has 3 rings (SSSR count). The number of ether oxygens (including phenoxy) is 2. The highest BCUT2D eigenvalue weighted by molar-refractivity contribution is 7.63. The minimum absolute atomic E-state index is 0.0138. The standard InChI is InChI=1S/C25H33N2O7P/c1-17-14-26(25(31)27(21(17)28)22(29)18-10-6-5-7-11-18)15-19-12-8-9-13-20(19)16-34-24(23(30)33-2)35(3,4)32/h5-7,10-11,14,19-20,24H,8-9,12-13,15-16H2,1-4H3/t19-,20+,24?/m1/s1. The van der Waals surface area contributed by atoms with Gasteiger partial charge in [-0.25, -0.2) is 9.59 Å². The fourth-order valence-electron chi connectivity index (χ4n) is 4.57. The smallest absolute Gasteiger partial charge is 0.342 e. The first-order valence-electron chi connectivity index (χ1n) is 11.7. The van der Waals surface area contributed by atoms with Crippen LogP contribution in [0.1, 0.15) is 41.6 Å². The van der Waals surface area contributed by atoms with Crippen LogP contribution in [0.5, 0.6) is 0 Å². The average Bonchev–Trinajstić information content (AvgIpc) is 2.83. The molecule has 1 heterocycles. The minimum Gasteiger partial charge on any atom is -0.467 e. The average molecular weight is 505 g/mol. The van der Waals surface area contributed by atoms with Crippen LogP contribution in [0.3, 0.4) is 0 Å². The molecule has 0 spiro atoms. The summed E-state index contributed by atoms with van der Waals surface area (Å²) in [5, 5.41) is 0. The van der Waals surface area contributed by atoms with E-state index in [0.717, 1.165) is 25.7 Å². The third kappa shape index (κ3) is 6.27. The van der Waals surface area contributed by atoms with E-state index >= 15 is 0 Å². The van der Waals surface area contributed by atoms with Gasteiger partial charge in [0.1, 0.15) is 7.14 Å². The molecule has 0 N–H and O–H groups in total. The van der Waals surface area contributed by atoms with Crippen molar-refractivity contribution in [2.75, 3.05) is 27.0 Å². The van der Waals surface area contributed by atoms with Gasteiger partial charge < -0.3 is 14.0 Å². The van der Waals surface area contributed by atoms with Gasteiger partial charge in [0.05, 0.1) is 13.7 Å². The maximum Gasteiger partial charge on any atom is 0.342 e. The lowest BCUT2D eigenvalue weighted by Crippen LogP contribution is -2.45. The second-order valence-corrected chi connectivity index (χ2v) is 12.8. The van der Waals surface area contributed by atoms with E-state index in [0.29, 0.717) is 16.7 Å². The van der Waals surface area contributed by atoms with Gasteiger partial charge in [-0.1, -0.05) is 31.0 Å². The maximum absolute atomic E-state index is 13.2. The zero-order valence-electron chi connectivity index (χ0n) is 20.6. The monoisotopic (exact) mass is 504 g/mol. The Morgan fingerprint density at radius 3 is 2.31 bits per heavy atom. The van der Waals surface area contributed by atoms with E-state index in [1.54, 1.807) is 37.3 Å². The topological polar surface area (TPSA) is 114 Å². The van der Waals surface area contributed by atoms with Gasteiger partial charge in [0, 0.05) is 23.9 Å². The van der Waals surface area contributed by atoms with Crippen LogP contribution in [0, 0.1) is 18.8 Å². The molecule has 2 aromatic rings. The molecular weight excluding hydrogens is 471 g/mol. The Bertz CT molecular complexity index is 1230. The Morgan fingerprint density at radius 2 is 1.71 bits per heavy atom. The van der Waals surface area contributed by atoms with E-state index in [1.165, 1.54) is 31.2 Å². The van der Waals surface area contributed by atoms with E-state index in [9.17, 15) is 23.7 Å². The van der Waals surface area contributed by atoms with Gasteiger partial charge >= 0.3 is 11.7 Å². The molecule has 1 fully saturated rings. The zero-order valence-corrected chi connectivity index (χ0v) is 21.5. The lowest BCUT2D eigenvalue weighted by Gasteiger charge is -2.33. The molecule has 3 atom stereocenters. The van der Waals surface area contributed by atoms with Crippen molar-refractivity contribution in [1.29, 1.82) is 0 Å². The first-order valence-corrected chi connectivity index (χ1v) is 14.4. The Hall–Kier alpha value is -2.77. The number of benzene rings is 1. The van der Waals surface area contributed by atoms with E-state index in [2.05, 4.69) is 0 Å². The normalized spacial score (nSPS) is 19.2. The van der Waals surface area contributed by atoms with Gasteiger partial charge in [-0.15, -0.1) is 0 Å². The van der Waals surface area contributed by atoms with Gasteiger partial charge in [-0.3, -0.25) is 14.2 Å². The largest absolute Gasteiger partial charge is 0.467 e. The molecule has 0 amide bonds. The lowest BCUT2D eigenvalue weighted by molar-refractivity contribution is -0.149. The SMILES string of the molecule is COC(=O)C(OC[C@@H]1CCCC[C@@H]1Cn1cc(C)c(=O)n(C(=O)c2ccccc2)c1=O)P(C)(C)=O. The fourth-order valence-corrected chi connectivity index (χ4v) is 5.63. The van der Waals surface area contributed by atoms with Crippen LogP contribution in [0.2, 0.25) is 0 Å². The first-order chi connectivity index (χ1) is 16.5. The number of rotatable bonds is 8. The van der Waals surface area contributed by atoms with Crippen molar-refractivity contribution < 1.29 is 23.6 Å². The molecule has 0 radical (unpaired) electrons. The van der Waals surface area contributed by atoms with Crippen molar-refractivity contribution in [3.63, 3.8) is 0 Å². The lowest BCUT2D eigenvalue weighted by atomic mass is 9.79. The highest BCUT2D eigenvalue weighted by Gasteiger charge is 2.35. The summed E-state index contributed by atoms with van der Waals surface area (Å²) in [5.74, 6) is -2.43. The minimum atomic E-state index is -2.90. The van der Waals surface area contributed by atoms with Crippen molar-refractivity contribution >= 4 is 19.0 Å². The molecule has 1 aliphatic carbocycles. The van der Waals surface area contributed by atoms with Gasteiger partial charge in [-0.2, -0.15) is 4.57 Å². The second-order valence-electron chi connectivity index (χ2n) is 9.51. The number of nitrogens with zero attached hydrogens (tertiary/aromatic N) is 2. The van der Waals surface area contributed by atoms with Crippen molar-refractivity contribution in [3.8, 4) is 0 Å². The zero-order chi connectivity index (χ0) is 25.8. The van der Waals surface area contributed by atoms with E-state index in [-0.39, 0.29) is 24.0 Å². The molecule has 35 heavy (non-hydrogen) atoms. The van der Waals surface area contributed by atoms with Crippen LogP contribution >= 0.6 is 7.14 Å². The molecule has 0 saturated heterocycles. The molecule has 1 aromatic carbocycles. The summed E-state index contributed by atoms with van der Waals surface area (Å²) in [5.41, 5.74) is -0.767. The van der Waals surface area contributed by atoms with Gasteiger partial charge in [0.2, 0.25) is 5.85 Å². The molecule has 1 aliphatic rings. The van der Waals surface area contributed by atoms with E-state index < -0.39 is 36.1 Å². The molecule has 1 saturated carbocycles. The fraction of sp³-hybridized carbons (Fsp3) is 0.520. The number of methoxy groups -OCH3 is 1. The van der Waals surface area contributed by atoms with Crippen molar-refractivity contribution in [2.24, 2.45) is 11.8 Å². The molecule has 1 aromatic heterocycles. The predicted molar refractivity (Wildman–Crippen MR) is 133 cm³/mol. The van der Waals surface area contributed by atoms with Crippen LogP contribution in [0.4, 0.5) is 0 Å². The third-order valence-corrected chi connectivity index (χ3v) is 7.97. The van der Waals surface area contributed by atoms with Crippen molar-refractivity contribution in [1.82, 2.24) is 9.13 Å². The highest BCUT2D eigenvalue weighted by atomic mass is 31.2. The van der Waals surface area contributed by atoms with E-state index in [4.69, 9.17) is 9.47 Å². The highest BCUT2D eigenvalue weighted by Crippen LogP contribution is 2.44. The van der Waals surface area contributed by atoms with Crippen molar-refractivity contribution in [3.05, 3.63) is 68.5 Å². The molecule has 0 aliphatic heterocycles. The van der Waals surface area contributed by atoms with Crippen LogP contribution < -0.4 is 11.2 Å². The van der Waals surface area contributed by atoms with Gasteiger partial charge in [0.25, 0.3) is 11.5 Å². The van der Waals surface area contributed by atoms with Crippen LogP contribution in [-0.4, -0.2) is 53.9 Å². The van der Waals surface area contributed by atoms with Gasteiger partial charge in [0.15, 0.2) is 0 Å². The maximum atomic E-state index is 13.2. The third-order valence-electron chi connectivity index (χ3n) is 6.48. The molecule has 1 unspecified atom stereocenters. The number of aryl methyl sites for hydroxylation is 1. The van der Waals surface area contributed by atoms with Crippen LogP contribution in [-0.2, 0) is 25.4 Å². The number of carbonyl (C=O) groups excluding carboxylic acids is 2. The quantitative estimate of drug-likeness (QED) is 0.401. The number of carbonyl (C=O) groups is 2. The second kappa shape index (κ2) is 11.3. The van der Waals surface area contributed by atoms with Crippen LogP contribution in [0.15, 0.2) is 46.1 Å². The van der Waals surface area contributed by atoms with Crippen molar-refractivity contribution in [2.45, 2.75) is 45.0 Å². The first kappa shape index (κ1) is 26.8. The van der Waals surface area contributed by atoms with Crippen LogP contribution in [0.25, 0.3) is 0 Å². The summed E-state index contributed by atoms with van der Waals surface area (Å²) >= 11 is 0. The molecule has 0 bridgehead atoms. The molecule has 10 heteroatoms. The van der Waals surface area contributed by atoms with Gasteiger partial charge in [-0.05, 0) is 57.1 Å². The Labute approximate surface area is 204 Å². The Balaban J connectivity index is 1.86. The summed E-state index contributed by atoms with van der Waals surface area (Å²) in [6.07, 6.45) is 5.09. The summed E-state index contributed by atoms with van der Waals surface area (Å²) in [6, 6.07) is 8.22. The summed E-state index contributed by atoms with van der Waals surface area (Å²) in [4.78, 5) is 51.0. The predicted octanol–water partition coefficient (Wildman–Crippen LogP) is 2.95. The number of hydrogen-bond donors (Lipinski definition) is 0. The van der Waals surface area contributed by atoms with E-state index in [1.807, 2.05) is 0 Å². The number of esters is 1. The summed E-state index contributed by atoms with van der Waals surface area (Å²) < 4.78 is 25.3. The summed E-state index contributed by atoms with van der Waals surface area (Å²) in [6.45, 7) is 5.06. The molecule has 190 valence electrons. The number of aromatic nitrogens is 2. The summed E-state index contributed by atoms with van der Waals surface area (Å²) in [7, 11) is -1.66. The Kier molecular flexibility index (Phi) is 8.67.